The average molecular weight is 639 g/mol. The monoisotopic (exact) mass is 638 g/mol. The Kier molecular flexibility index (Phi) is 9.88. The number of benzene rings is 1. The van der Waals surface area contributed by atoms with Crippen LogP contribution in [0.3, 0.4) is 0 Å². The van der Waals surface area contributed by atoms with Crippen LogP contribution in [0.4, 0.5) is 26.3 Å². The average Bonchev–Trinajstić information content (AvgIpc) is 3.64. The lowest BCUT2D eigenvalue weighted by Gasteiger charge is -2.42. The van der Waals surface area contributed by atoms with Crippen molar-refractivity contribution in [3.63, 3.8) is 0 Å². The van der Waals surface area contributed by atoms with Gasteiger partial charge in [-0.1, -0.05) is 0 Å². The maximum absolute atomic E-state index is 13.4. The maximum Gasteiger partial charge on any atom is 0.490 e. The first-order valence-corrected chi connectivity index (χ1v) is 13.7. The van der Waals surface area contributed by atoms with Crippen LogP contribution in [0, 0.1) is 17.2 Å². The van der Waals surface area contributed by atoms with Crippen molar-refractivity contribution >= 4 is 23.7 Å². The number of carboxylic acid groups (broad SMARTS) is 1. The van der Waals surface area contributed by atoms with Crippen LogP contribution in [0.5, 0.6) is 5.75 Å². The summed E-state index contributed by atoms with van der Waals surface area (Å²) in [4.78, 5) is 36.6. The first-order valence-electron chi connectivity index (χ1n) is 13.7. The summed E-state index contributed by atoms with van der Waals surface area (Å²) in [5.41, 5.74) is -1.71. The lowest BCUT2D eigenvalue weighted by atomic mass is 9.88. The first kappa shape index (κ1) is 34.9. The second-order valence-corrected chi connectivity index (χ2v) is 12.3. The van der Waals surface area contributed by atoms with E-state index in [0.29, 0.717) is 37.2 Å². The molecule has 2 fully saturated rings. The molecule has 4 atom stereocenters. The van der Waals surface area contributed by atoms with Crippen LogP contribution in [0.15, 0.2) is 18.2 Å². The van der Waals surface area contributed by atoms with E-state index in [2.05, 4.69) is 10.6 Å². The van der Waals surface area contributed by atoms with Gasteiger partial charge in [-0.2, -0.15) is 26.3 Å². The molecule has 2 heterocycles. The molecule has 1 saturated heterocycles. The molecule has 3 aliphatic rings. The van der Waals surface area contributed by atoms with Crippen LogP contribution in [-0.4, -0.2) is 70.8 Å². The van der Waals surface area contributed by atoms with Crippen molar-refractivity contribution in [3.8, 4) is 5.75 Å². The molecule has 1 aromatic carbocycles. The predicted octanol–water partition coefficient (Wildman–Crippen LogP) is 4.63. The maximum atomic E-state index is 13.4. The zero-order valence-electron chi connectivity index (χ0n) is 24.8. The minimum atomic E-state index is -5.08. The molecule has 10 nitrogen and oxygen atoms in total. The molecule has 2 aliphatic heterocycles. The second kappa shape index (κ2) is 12.4. The van der Waals surface area contributed by atoms with Crippen LogP contribution in [0.2, 0.25) is 0 Å². The van der Waals surface area contributed by atoms with Crippen LogP contribution < -0.4 is 15.4 Å². The van der Waals surface area contributed by atoms with Crippen molar-refractivity contribution < 1.29 is 55.3 Å². The van der Waals surface area contributed by atoms with Crippen molar-refractivity contribution in [3.05, 3.63) is 29.3 Å². The van der Waals surface area contributed by atoms with Gasteiger partial charge < -0.3 is 25.2 Å². The van der Waals surface area contributed by atoms with Gasteiger partial charge in [-0.25, -0.2) is 4.79 Å². The van der Waals surface area contributed by atoms with Gasteiger partial charge in [0.05, 0.1) is 11.6 Å². The molecule has 4 N–H and O–H groups in total. The largest absolute Gasteiger partial charge is 0.490 e. The second-order valence-electron chi connectivity index (χ2n) is 12.3. The fourth-order valence-corrected chi connectivity index (χ4v) is 5.52. The highest BCUT2D eigenvalue weighted by Gasteiger charge is 2.53. The van der Waals surface area contributed by atoms with Gasteiger partial charge in [0.25, 0.3) is 0 Å². The summed E-state index contributed by atoms with van der Waals surface area (Å²) < 4.78 is 83.0. The number of aliphatic carboxylic acids is 1. The minimum Gasteiger partial charge on any atom is -0.487 e. The molecule has 246 valence electrons. The third kappa shape index (κ3) is 8.54. The zero-order chi connectivity index (χ0) is 33.4. The Bertz CT molecular complexity index is 1260. The van der Waals surface area contributed by atoms with Gasteiger partial charge >= 0.3 is 18.3 Å². The molecule has 4 rings (SSSR count). The number of nitrogens with one attached hydrogen (secondary N) is 3. The summed E-state index contributed by atoms with van der Waals surface area (Å²) in [6, 6.07) is 2.29. The normalized spacial score (nSPS) is 24.5. The number of ether oxygens (including phenoxy) is 2. The number of carbonyl (C=O) groups excluding carboxylic acids is 2. The molecule has 2 amide bonds. The van der Waals surface area contributed by atoms with E-state index in [4.69, 9.17) is 24.8 Å². The molecular weight excluding hydrogens is 602 g/mol. The molecule has 1 saturated carbocycles. The van der Waals surface area contributed by atoms with E-state index >= 15 is 0 Å². The number of hydrogen-bond acceptors (Lipinski definition) is 6. The van der Waals surface area contributed by atoms with Gasteiger partial charge in [0, 0.05) is 49.6 Å². The summed E-state index contributed by atoms with van der Waals surface area (Å²) >= 11 is 0. The summed E-state index contributed by atoms with van der Waals surface area (Å²) in [6.45, 7) is 7.72. The summed E-state index contributed by atoms with van der Waals surface area (Å²) in [5.74, 6) is -3.49. The molecule has 1 aliphatic carbocycles. The standard InChI is InChI=1S/C26H35F3N4O4.C2HF3O2/c1-24(2)13-21(34)33(23(30)32-24)19(8-9-36-5)15-11-16(15)22(35)31-18-12-25(3,4)37-20-7-6-14(10-17(18)20)26(27,28)29;3-2(4,5)1(6)7/h6-7,10,15-16,18-19H,8-9,11-13H2,1-5H3,(H2,30,32)(H,31,35);(H,6,7)/t15-,16-,18?,19-;/m1./s1. The Morgan fingerprint density at radius 1 is 1.20 bits per heavy atom. The Hall–Kier alpha value is -3.56. The Balaban J connectivity index is 0.000000676. The number of hydrogen-bond donors (Lipinski definition) is 4. The highest BCUT2D eigenvalue weighted by Crippen LogP contribution is 2.47. The molecule has 0 radical (unpaired) electrons. The molecule has 44 heavy (non-hydrogen) atoms. The van der Waals surface area contributed by atoms with Crippen molar-refractivity contribution in [1.29, 1.82) is 5.41 Å². The molecule has 16 heteroatoms. The molecular formula is C28H36F6N4O6. The first-order chi connectivity index (χ1) is 20.1. The predicted molar refractivity (Wildman–Crippen MR) is 144 cm³/mol. The summed E-state index contributed by atoms with van der Waals surface area (Å²) in [6.07, 6.45) is -8.09. The minimum absolute atomic E-state index is 0.00759. The van der Waals surface area contributed by atoms with Gasteiger partial charge in [-0.15, -0.1) is 0 Å². The summed E-state index contributed by atoms with van der Waals surface area (Å²) in [7, 11) is 1.55. The zero-order valence-corrected chi connectivity index (χ0v) is 24.8. The lowest BCUT2D eigenvalue weighted by Crippen LogP contribution is -2.63. The smallest absolute Gasteiger partial charge is 0.487 e. The fraction of sp³-hybridized carbons (Fsp3) is 0.643. The quantitative estimate of drug-likeness (QED) is 0.319. The van der Waals surface area contributed by atoms with Crippen molar-refractivity contribution in [2.24, 2.45) is 11.8 Å². The van der Waals surface area contributed by atoms with Gasteiger partial charge in [-0.3, -0.25) is 19.9 Å². The van der Waals surface area contributed by atoms with Crippen molar-refractivity contribution in [2.75, 3.05) is 13.7 Å². The van der Waals surface area contributed by atoms with Crippen molar-refractivity contribution in [2.45, 2.75) is 89.0 Å². The SMILES string of the molecule is COCC[C@H]([C@@H]1C[C@H]1C(=O)NC1CC(C)(C)Oc2ccc(C(F)(F)F)cc21)N1C(=N)NC(C)(C)CC1=O.O=C(O)C(F)(F)F. The topological polar surface area (TPSA) is 141 Å². The van der Waals surface area contributed by atoms with E-state index in [-0.39, 0.29) is 30.1 Å². The van der Waals surface area contributed by atoms with E-state index in [1.54, 1.807) is 7.11 Å². The summed E-state index contributed by atoms with van der Waals surface area (Å²) in [5, 5.41) is 21.6. The van der Waals surface area contributed by atoms with Gasteiger partial charge in [0.15, 0.2) is 5.96 Å². The number of fused-ring (bicyclic) bond motifs is 1. The molecule has 0 aromatic heterocycles. The number of amides is 2. The lowest BCUT2D eigenvalue weighted by molar-refractivity contribution is -0.192. The Labute approximate surface area is 249 Å². The van der Waals surface area contributed by atoms with E-state index in [1.165, 1.54) is 11.0 Å². The number of guanidine groups is 1. The van der Waals surface area contributed by atoms with Crippen molar-refractivity contribution in [1.82, 2.24) is 15.5 Å². The van der Waals surface area contributed by atoms with Gasteiger partial charge in [-0.05, 0) is 64.7 Å². The van der Waals surface area contributed by atoms with E-state index in [9.17, 15) is 35.9 Å². The van der Waals surface area contributed by atoms with E-state index < -0.39 is 53.0 Å². The van der Waals surface area contributed by atoms with Gasteiger partial charge in [0.2, 0.25) is 11.8 Å². The van der Waals surface area contributed by atoms with Crippen LogP contribution >= 0.6 is 0 Å². The fourth-order valence-electron chi connectivity index (χ4n) is 5.52. The molecule has 1 unspecified atom stereocenters. The number of methoxy groups -OCH3 is 1. The number of halogens is 6. The highest BCUT2D eigenvalue weighted by atomic mass is 19.4. The highest BCUT2D eigenvalue weighted by molar-refractivity contribution is 5.99. The number of nitrogens with zero attached hydrogens (tertiary/aromatic N) is 1. The molecule has 0 spiro atoms. The third-order valence-corrected chi connectivity index (χ3v) is 7.53. The Morgan fingerprint density at radius 3 is 2.34 bits per heavy atom. The molecule has 0 bridgehead atoms. The number of carboxylic acids is 1. The van der Waals surface area contributed by atoms with E-state index in [1.807, 2.05) is 27.7 Å². The number of rotatable bonds is 7. The van der Waals surface area contributed by atoms with Crippen LogP contribution in [0.25, 0.3) is 0 Å². The van der Waals surface area contributed by atoms with Crippen LogP contribution in [0.1, 0.15) is 70.5 Å². The van der Waals surface area contributed by atoms with E-state index in [0.717, 1.165) is 12.1 Å². The number of carbonyl (C=O) groups is 3. The number of alkyl halides is 6. The van der Waals surface area contributed by atoms with Crippen LogP contribution in [-0.2, 0) is 25.3 Å². The molecule has 1 aromatic rings. The van der Waals surface area contributed by atoms with Gasteiger partial charge in [0.1, 0.15) is 11.4 Å². The third-order valence-electron chi connectivity index (χ3n) is 7.53. The Morgan fingerprint density at radius 2 is 1.82 bits per heavy atom.